The van der Waals surface area contributed by atoms with Crippen molar-refractivity contribution in [2.75, 3.05) is 65.6 Å². The highest BCUT2D eigenvalue weighted by atomic mass is 16.5. The molecular weight excluding hydrogens is 374 g/mol. The van der Waals surface area contributed by atoms with Crippen molar-refractivity contribution in [2.24, 2.45) is 4.99 Å². The van der Waals surface area contributed by atoms with Crippen LogP contribution in [-0.2, 0) is 9.53 Å². The molecule has 9 nitrogen and oxygen atoms in total. The maximum Gasteiger partial charge on any atom is 0.241 e. The molecule has 0 aliphatic carbocycles. The molecule has 1 aromatic rings. The van der Waals surface area contributed by atoms with Crippen molar-refractivity contribution >= 4 is 17.6 Å². The van der Waals surface area contributed by atoms with Crippen LogP contribution in [0.3, 0.4) is 0 Å². The Balaban J connectivity index is 1.93. The number of rotatable bonds is 10. The summed E-state index contributed by atoms with van der Waals surface area (Å²) in [6.45, 7) is 5.49. The van der Waals surface area contributed by atoms with Gasteiger partial charge in [-0.1, -0.05) is 0 Å². The van der Waals surface area contributed by atoms with Gasteiger partial charge in [0, 0.05) is 63.2 Å². The molecule has 0 radical (unpaired) electrons. The van der Waals surface area contributed by atoms with Gasteiger partial charge in [0.1, 0.15) is 18.0 Å². The van der Waals surface area contributed by atoms with Crippen molar-refractivity contribution in [3.63, 3.8) is 0 Å². The van der Waals surface area contributed by atoms with E-state index in [1.807, 2.05) is 25.1 Å². The Labute approximate surface area is 172 Å². The lowest BCUT2D eigenvalue weighted by atomic mass is 10.2. The largest absolute Gasteiger partial charge is 0.497 e. The third-order valence-corrected chi connectivity index (χ3v) is 4.58. The normalized spacial score (nSPS) is 16.5. The number of amides is 1. The smallest absolute Gasteiger partial charge is 0.241 e. The first-order valence-electron chi connectivity index (χ1n) is 9.88. The summed E-state index contributed by atoms with van der Waals surface area (Å²) in [7, 11) is 4.90. The minimum Gasteiger partial charge on any atom is -0.497 e. The van der Waals surface area contributed by atoms with Gasteiger partial charge in [-0.2, -0.15) is 0 Å². The topological polar surface area (TPSA) is 96.5 Å². The molecule has 0 spiro atoms. The van der Waals surface area contributed by atoms with Gasteiger partial charge >= 0.3 is 0 Å². The van der Waals surface area contributed by atoms with Gasteiger partial charge in [-0.05, 0) is 13.3 Å². The van der Waals surface area contributed by atoms with Gasteiger partial charge in [-0.3, -0.25) is 4.79 Å². The summed E-state index contributed by atoms with van der Waals surface area (Å²) in [5, 5.41) is 9.39. The van der Waals surface area contributed by atoms with Gasteiger partial charge < -0.3 is 35.1 Å². The van der Waals surface area contributed by atoms with Gasteiger partial charge in [0.2, 0.25) is 5.91 Å². The first kappa shape index (κ1) is 22.6. The molecule has 1 aliphatic heterocycles. The summed E-state index contributed by atoms with van der Waals surface area (Å²) in [6.07, 6.45) is 0.962. The Morgan fingerprint density at radius 3 is 2.52 bits per heavy atom. The van der Waals surface area contributed by atoms with Crippen LogP contribution in [0.1, 0.15) is 13.3 Å². The number of carbonyl (C=O) groups is 1. The summed E-state index contributed by atoms with van der Waals surface area (Å²) in [6, 6.07) is 6.10. The van der Waals surface area contributed by atoms with Crippen LogP contribution < -0.4 is 30.3 Å². The maximum atomic E-state index is 11.9. The summed E-state index contributed by atoms with van der Waals surface area (Å²) in [5.41, 5.74) is 1.06. The quantitative estimate of drug-likeness (QED) is 0.297. The van der Waals surface area contributed by atoms with E-state index >= 15 is 0 Å². The summed E-state index contributed by atoms with van der Waals surface area (Å²) in [4.78, 5) is 18.5. The van der Waals surface area contributed by atoms with Gasteiger partial charge in [0.05, 0.1) is 20.8 Å². The fourth-order valence-electron chi connectivity index (χ4n) is 3.10. The number of nitrogens with zero attached hydrogens (tertiary/aromatic N) is 2. The number of guanidine groups is 1. The number of carbonyl (C=O) groups excluding carboxylic acids is 1. The van der Waals surface area contributed by atoms with Gasteiger partial charge in [0.25, 0.3) is 0 Å². The Hall–Kier alpha value is -2.68. The predicted molar refractivity (Wildman–Crippen MR) is 114 cm³/mol. The molecule has 1 saturated heterocycles. The highest BCUT2D eigenvalue weighted by Gasteiger charge is 2.24. The van der Waals surface area contributed by atoms with E-state index in [2.05, 4.69) is 25.8 Å². The third kappa shape index (κ3) is 7.34. The minimum atomic E-state index is -0.129. The van der Waals surface area contributed by atoms with Crippen LogP contribution >= 0.6 is 0 Å². The molecule has 2 rings (SSSR count). The second kappa shape index (κ2) is 12.0. The number of anilines is 1. The Bertz CT molecular complexity index is 661. The van der Waals surface area contributed by atoms with Crippen LogP contribution in [0.25, 0.3) is 0 Å². The molecule has 1 amide bonds. The molecule has 1 fully saturated rings. The summed E-state index contributed by atoms with van der Waals surface area (Å²) < 4.78 is 15.7. The van der Waals surface area contributed by atoms with Gasteiger partial charge in [-0.15, -0.1) is 0 Å². The minimum absolute atomic E-state index is 0.0720. The molecule has 0 aromatic heterocycles. The van der Waals surface area contributed by atoms with E-state index in [4.69, 9.17) is 14.2 Å². The van der Waals surface area contributed by atoms with Crippen LogP contribution in [0.15, 0.2) is 23.2 Å². The van der Waals surface area contributed by atoms with E-state index in [1.165, 1.54) is 0 Å². The van der Waals surface area contributed by atoms with Gasteiger partial charge in [-0.25, -0.2) is 4.99 Å². The van der Waals surface area contributed by atoms with Crippen molar-refractivity contribution in [3.05, 3.63) is 18.2 Å². The second-order valence-electron chi connectivity index (χ2n) is 6.68. The number of hydrogen-bond acceptors (Lipinski definition) is 6. The highest BCUT2D eigenvalue weighted by Crippen LogP contribution is 2.30. The van der Waals surface area contributed by atoms with Crippen LogP contribution in [0, 0.1) is 0 Å². The lowest BCUT2D eigenvalue weighted by Crippen LogP contribution is -2.45. The molecule has 1 aromatic carbocycles. The zero-order valence-electron chi connectivity index (χ0n) is 17.8. The number of aliphatic imine (C=N–C) groups is 1. The van der Waals surface area contributed by atoms with Crippen LogP contribution in [0.5, 0.6) is 11.5 Å². The van der Waals surface area contributed by atoms with E-state index in [0.717, 1.165) is 43.2 Å². The lowest BCUT2D eigenvalue weighted by Gasteiger charge is -2.21. The summed E-state index contributed by atoms with van der Waals surface area (Å²) >= 11 is 0. The van der Waals surface area contributed by atoms with Crippen molar-refractivity contribution in [1.82, 2.24) is 16.0 Å². The molecule has 1 unspecified atom stereocenters. The molecule has 9 heteroatoms. The molecule has 0 saturated carbocycles. The van der Waals surface area contributed by atoms with Crippen molar-refractivity contribution < 1.29 is 19.0 Å². The highest BCUT2D eigenvalue weighted by molar-refractivity contribution is 5.85. The molecule has 1 heterocycles. The molecule has 1 aliphatic rings. The van der Waals surface area contributed by atoms with E-state index in [9.17, 15) is 4.79 Å². The standard InChI is InChI=1S/C20H33N5O4/c1-5-21-20(23-13-19(26)22-7-9-27-2)24-15-6-8-25(14-15)16-10-17(28-3)12-18(11-16)29-4/h10-12,15H,5-9,13-14H2,1-4H3,(H,22,26)(H2,21,23,24). The fourth-order valence-corrected chi connectivity index (χ4v) is 3.10. The number of hydrogen-bond donors (Lipinski definition) is 3. The monoisotopic (exact) mass is 407 g/mol. The molecule has 3 N–H and O–H groups in total. The Kier molecular flexibility index (Phi) is 9.36. The first-order valence-corrected chi connectivity index (χ1v) is 9.88. The van der Waals surface area contributed by atoms with Crippen LogP contribution in [-0.4, -0.2) is 78.6 Å². The zero-order valence-corrected chi connectivity index (χ0v) is 17.8. The zero-order chi connectivity index (χ0) is 21.1. The average Bonchev–Trinajstić information content (AvgIpc) is 3.20. The third-order valence-electron chi connectivity index (χ3n) is 4.58. The Morgan fingerprint density at radius 2 is 1.90 bits per heavy atom. The maximum absolute atomic E-state index is 11.9. The number of ether oxygens (including phenoxy) is 3. The molecule has 162 valence electrons. The molecule has 1 atom stereocenters. The van der Waals surface area contributed by atoms with E-state index in [0.29, 0.717) is 19.1 Å². The van der Waals surface area contributed by atoms with Gasteiger partial charge in [0.15, 0.2) is 5.96 Å². The first-order chi connectivity index (χ1) is 14.1. The number of nitrogens with one attached hydrogen (secondary N) is 3. The number of methoxy groups -OCH3 is 3. The molecule has 29 heavy (non-hydrogen) atoms. The van der Waals surface area contributed by atoms with E-state index in [-0.39, 0.29) is 18.5 Å². The number of benzene rings is 1. The lowest BCUT2D eigenvalue weighted by molar-refractivity contribution is -0.119. The SMILES string of the molecule is CCNC(=NCC(=O)NCCOC)NC1CCN(c2cc(OC)cc(OC)c2)C1. The summed E-state index contributed by atoms with van der Waals surface area (Å²) in [5.74, 6) is 2.05. The van der Waals surface area contributed by atoms with Crippen LogP contribution in [0.2, 0.25) is 0 Å². The predicted octanol–water partition coefficient (Wildman–Crippen LogP) is 0.600. The van der Waals surface area contributed by atoms with Crippen LogP contribution in [0.4, 0.5) is 5.69 Å². The van der Waals surface area contributed by atoms with E-state index < -0.39 is 0 Å². The second-order valence-corrected chi connectivity index (χ2v) is 6.68. The van der Waals surface area contributed by atoms with E-state index in [1.54, 1.807) is 21.3 Å². The average molecular weight is 408 g/mol. The van der Waals surface area contributed by atoms with Crippen molar-refractivity contribution in [2.45, 2.75) is 19.4 Å². The molecule has 0 bridgehead atoms. The molecular formula is C20H33N5O4. The fraction of sp³-hybridized carbons (Fsp3) is 0.600. The Morgan fingerprint density at radius 1 is 1.17 bits per heavy atom. The van der Waals surface area contributed by atoms with Crippen molar-refractivity contribution in [3.8, 4) is 11.5 Å². The van der Waals surface area contributed by atoms with Crippen molar-refractivity contribution in [1.29, 1.82) is 0 Å².